The van der Waals surface area contributed by atoms with Gasteiger partial charge in [0.2, 0.25) is 11.8 Å². The summed E-state index contributed by atoms with van der Waals surface area (Å²) in [5, 5.41) is 12.5. The van der Waals surface area contributed by atoms with Crippen LogP contribution in [0.1, 0.15) is 64.9 Å². The van der Waals surface area contributed by atoms with Gasteiger partial charge < -0.3 is 20.1 Å². The van der Waals surface area contributed by atoms with Gasteiger partial charge in [0, 0.05) is 25.9 Å². The van der Waals surface area contributed by atoms with E-state index in [-0.39, 0.29) is 55.4 Å². The SMILES string of the molecule is CC(C)(C)[C@H]1COC(=O)CCCCC=CC[C@H](CC(=O)N(CCO)Cc2ccccc2)C(=O)N1. The number of nitrogens with zero attached hydrogens (tertiary/aromatic N) is 1. The van der Waals surface area contributed by atoms with Gasteiger partial charge in [-0.2, -0.15) is 0 Å². The second-order valence-corrected chi connectivity index (χ2v) is 9.99. The minimum absolute atomic E-state index is 0.0413. The number of amides is 2. The first-order chi connectivity index (χ1) is 16.2. The third-order valence-electron chi connectivity index (χ3n) is 6.09. The van der Waals surface area contributed by atoms with E-state index in [1.54, 1.807) is 4.90 Å². The maximum atomic E-state index is 13.3. The lowest BCUT2D eigenvalue weighted by Crippen LogP contribution is -2.49. The molecular formula is C27H40N2O5. The van der Waals surface area contributed by atoms with Gasteiger partial charge in [0.05, 0.1) is 18.6 Å². The Morgan fingerprint density at radius 1 is 1.15 bits per heavy atom. The number of cyclic esters (lactones) is 1. The van der Waals surface area contributed by atoms with Crippen molar-refractivity contribution in [1.29, 1.82) is 0 Å². The average molecular weight is 473 g/mol. The van der Waals surface area contributed by atoms with Gasteiger partial charge in [0.15, 0.2) is 0 Å². The van der Waals surface area contributed by atoms with Crippen molar-refractivity contribution >= 4 is 17.8 Å². The Morgan fingerprint density at radius 2 is 1.88 bits per heavy atom. The van der Waals surface area contributed by atoms with Gasteiger partial charge in [-0.05, 0) is 36.7 Å². The van der Waals surface area contributed by atoms with E-state index in [1.807, 2.05) is 63.3 Å². The fraction of sp³-hybridized carbons (Fsp3) is 0.593. The van der Waals surface area contributed by atoms with Crippen LogP contribution in [0, 0.1) is 11.3 Å². The predicted molar refractivity (Wildman–Crippen MR) is 132 cm³/mol. The quantitative estimate of drug-likeness (QED) is 0.487. The summed E-state index contributed by atoms with van der Waals surface area (Å²) >= 11 is 0. The number of allylic oxidation sites excluding steroid dienone is 2. The lowest BCUT2D eigenvalue weighted by Gasteiger charge is -2.32. The van der Waals surface area contributed by atoms with Crippen molar-refractivity contribution in [2.45, 2.75) is 71.9 Å². The first-order valence-corrected chi connectivity index (χ1v) is 12.2. The monoisotopic (exact) mass is 472 g/mol. The average Bonchev–Trinajstić information content (AvgIpc) is 2.79. The van der Waals surface area contributed by atoms with E-state index in [0.29, 0.717) is 19.4 Å². The van der Waals surface area contributed by atoms with Crippen LogP contribution in [0.3, 0.4) is 0 Å². The minimum atomic E-state index is -0.552. The number of hydrogen-bond acceptors (Lipinski definition) is 5. The van der Waals surface area contributed by atoms with Crippen LogP contribution in [0.5, 0.6) is 0 Å². The molecule has 1 aliphatic rings. The van der Waals surface area contributed by atoms with Crippen molar-refractivity contribution in [3.8, 4) is 0 Å². The molecule has 0 aromatic heterocycles. The van der Waals surface area contributed by atoms with Crippen LogP contribution in [0.15, 0.2) is 42.5 Å². The lowest BCUT2D eigenvalue weighted by molar-refractivity contribution is -0.146. The maximum absolute atomic E-state index is 13.3. The van der Waals surface area contributed by atoms with E-state index in [1.165, 1.54) is 0 Å². The number of carbonyl (C=O) groups is 3. The first kappa shape index (κ1) is 27.6. The Kier molecular flexibility index (Phi) is 11.3. The van der Waals surface area contributed by atoms with Gasteiger partial charge >= 0.3 is 5.97 Å². The summed E-state index contributed by atoms with van der Waals surface area (Å²) in [6, 6.07) is 9.23. The number of hydrogen-bond donors (Lipinski definition) is 2. The van der Waals surface area contributed by atoms with Crippen molar-refractivity contribution in [2.24, 2.45) is 11.3 Å². The van der Waals surface area contributed by atoms with Crippen LogP contribution < -0.4 is 5.32 Å². The zero-order valence-electron chi connectivity index (χ0n) is 20.8. The molecule has 34 heavy (non-hydrogen) atoms. The van der Waals surface area contributed by atoms with Crippen LogP contribution in [-0.2, 0) is 25.7 Å². The molecule has 1 aromatic carbocycles. The zero-order valence-corrected chi connectivity index (χ0v) is 20.8. The highest BCUT2D eigenvalue weighted by Crippen LogP contribution is 2.22. The molecule has 7 heteroatoms. The molecule has 1 aliphatic heterocycles. The van der Waals surface area contributed by atoms with Gasteiger partial charge in [-0.3, -0.25) is 14.4 Å². The maximum Gasteiger partial charge on any atom is 0.305 e. The molecule has 7 nitrogen and oxygen atoms in total. The van der Waals surface area contributed by atoms with Crippen molar-refractivity contribution < 1.29 is 24.2 Å². The van der Waals surface area contributed by atoms with Crippen LogP contribution in [0.4, 0.5) is 0 Å². The van der Waals surface area contributed by atoms with Crippen molar-refractivity contribution in [2.75, 3.05) is 19.8 Å². The Morgan fingerprint density at radius 3 is 2.56 bits per heavy atom. The summed E-state index contributed by atoms with van der Waals surface area (Å²) in [7, 11) is 0. The highest BCUT2D eigenvalue weighted by atomic mass is 16.5. The molecule has 1 heterocycles. The second kappa shape index (κ2) is 13.9. The molecule has 0 unspecified atom stereocenters. The molecule has 2 N–H and O–H groups in total. The van der Waals surface area contributed by atoms with E-state index in [2.05, 4.69) is 5.32 Å². The van der Waals surface area contributed by atoms with Gasteiger partial charge in [0.25, 0.3) is 0 Å². The van der Waals surface area contributed by atoms with Crippen LogP contribution in [-0.4, -0.2) is 53.6 Å². The molecular weight excluding hydrogens is 432 g/mol. The van der Waals surface area contributed by atoms with Gasteiger partial charge in [0.1, 0.15) is 6.61 Å². The Bertz CT molecular complexity index is 816. The number of benzene rings is 1. The van der Waals surface area contributed by atoms with E-state index in [9.17, 15) is 19.5 Å². The summed E-state index contributed by atoms with van der Waals surface area (Å²) in [4.78, 5) is 40.2. The Hall–Kier alpha value is -2.67. The van der Waals surface area contributed by atoms with Crippen molar-refractivity contribution in [1.82, 2.24) is 10.2 Å². The van der Waals surface area contributed by atoms with E-state index in [4.69, 9.17) is 4.74 Å². The molecule has 0 fully saturated rings. The van der Waals surface area contributed by atoms with Gasteiger partial charge in [-0.25, -0.2) is 0 Å². The molecule has 2 amide bonds. The third-order valence-corrected chi connectivity index (χ3v) is 6.09. The number of aliphatic hydroxyl groups excluding tert-OH is 1. The third kappa shape index (κ3) is 9.67. The molecule has 0 saturated carbocycles. The fourth-order valence-corrected chi connectivity index (χ4v) is 3.80. The largest absolute Gasteiger partial charge is 0.463 e. The second-order valence-electron chi connectivity index (χ2n) is 9.99. The van der Waals surface area contributed by atoms with E-state index < -0.39 is 5.92 Å². The summed E-state index contributed by atoms with van der Waals surface area (Å²) < 4.78 is 5.45. The van der Waals surface area contributed by atoms with Crippen LogP contribution in [0.25, 0.3) is 0 Å². The van der Waals surface area contributed by atoms with E-state index in [0.717, 1.165) is 24.8 Å². The minimum Gasteiger partial charge on any atom is -0.463 e. The molecule has 0 radical (unpaired) electrons. The van der Waals surface area contributed by atoms with Crippen LogP contribution in [0.2, 0.25) is 0 Å². The first-order valence-electron chi connectivity index (χ1n) is 12.2. The Balaban J connectivity index is 2.18. The summed E-state index contributed by atoms with van der Waals surface area (Å²) in [5.74, 6) is -1.21. The summed E-state index contributed by atoms with van der Waals surface area (Å²) in [5.41, 5.74) is 0.641. The smallest absolute Gasteiger partial charge is 0.305 e. The highest BCUT2D eigenvalue weighted by molar-refractivity contribution is 5.86. The number of carbonyl (C=O) groups excluding carboxylic acids is 3. The fourth-order valence-electron chi connectivity index (χ4n) is 3.80. The van der Waals surface area contributed by atoms with Crippen molar-refractivity contribution in [3.05, 3.63) is 48.0 Å². The summed E-state index contributed by atoms with van der Waals surface area (Å²) in [6.07, 6.45) is 7.27. The predicted octanol–water partition coefficient (Wildman–Crippen LogP) is 3.61. The standard InChI is InChI=1S/C27H40N2O5/c1-27(2,3)23-20-34-25(32)15-11-6-4-5-10-14-22(26(33)28-23)18-24(31)29(16-17-30)19-21-12-8-7-9-13-21/h5,7-10,12-13,22-23,30H,4,6,11,14-20H2,1-3H3,(H,28,33)/t22-,23-/m1/s1. The van der Waals surface area contributed by atoms with Gasteiger partial charge in [-0.1, -0.05) is 63.3 Å². The zero-order chi connectivity index (χ0) is 25.0. The number of rotatable bonds is 6. The molecule has 0 spiro atoms. The number of ether oxygens (including phenoxy) is 1. The van der Waals surface area contributed by atoms with E-state index >= 15 is 0 Å². The number of nitrogens with one attached hydrogen (secondary N) is 1. The molecule has 188 valence electrons. The molecule has 2 rings (SSSR count). The van der Waals surface area contributed by atoms with Gasteiger partial charge in [-0.15, -0.1) is 0 Å². The molecule has 0 bridgehead atoms. The molecule has 2 atom stereocenters. The number of esters is 1. The van der Waals surface area contributed by atoms with Crippen LogP contribution >= 0.6 is 0 Å². The molecule has 0 saturated heterocycles. The lowest BCUT2D eigenvalue weighted by atomic mass is 9.86. The molecule has 0 aliphatic carbocycles. The van der Waals surface area contributed by atoms with Crippen molar-refractivity contribution in [3.63, 3.8) is 0 Å². The summed E-state index contributed by atoms with van der Waals surface area (Å²) in [6.45, 7) is 6.50. The molecule has 1 aromatic rings. The number of aliphatic hydroxyl groups is 1. The highest BCUT2D eigenvalue weighted by Gasteiger charge is 2.31. The topological polar surface area (TPSA) is 95.9 Å². The Labute approximate surface area is 203 Å². The normalized spacial score (nSPS) is 20.7.